The zero-order valence-electron chi connectivity index (χ0n) is 23.1. The number of likely N-dealkylation sites (tertiary alicyclic amines) is 1. The van der Waals surface area contributed by atoms with Crippen molar-refractivity contribution >= 4 is 40.9 Å². The van der Waals surface area contributed by atoms with Gasteiger partial charge in [-0.15, -0.1) is 0 Å². The van der Waals surface area contributed by atoms with Gasteiger partial charge < -0.3 is 19.4 Å². The Morgan fingerprint density at radius 2 is 1.67 bits per heavy atom. The highest BCUT2D eigenvalue weighted by Crippen LogP contribution is 2.31. The van der Waals surface area contributed by atoms with Crippen molar-refractivity contribution in [3.05, 3.63) is 89.0 Å². The zero-order chi connectivity index (χ0) is 27.9. The monoisotopic (exact) mass is 545 g/mol. The number of rotatable bonds is 8. The molecule has 0 atom stereocenters. The van der Waals surface area contributed by atoms with Gasteiger partial charge in [0, 0.05) is 42.5 Å². The Kier molecular flexibility index (Phi) is 9.44. The number of esters is 1. The lowest BCUT2D eigenvalue weighted by Gasteiger charge is -2.33. The summed E-state index contributed by atoms with van der Waals surface area (Å²) in [7, 11) is 7.47. The Bertz CT molecular complexity index is 1330. The highest BCUT2D eigenvalue weighted by Gasteiger charge is 2.29. The van der Waals surface area contributed by atoms with Gasteiger partial charge in [0.1, 0.15) is 0 Å². The second-order valence-corrected chi connectivity index (χ2v) is 10.6. The summed E-state index contributed by atoms with van der Waals surface area (Å²) in [6.07, 6.45) is 4.71. The third-order valence-corrected chi connectivity index (χ3v) is 7.58. The number of carbonyl (C=O) groups excluding carboxylic acids is 2. The van der Waals surface area contributed by atoms with E-state index in [1.165, 1.54) is 13.2 Å². The number of nitrogens with zero attached hydrogens (tertiary/aromatic N) is 3. The molecule has 3 aromatic carbocycles. The van der Waals surface area contributed by atoms with Gasteiger partial charge >= 0.3 is 5.97 Å². The molecule has 0 saturated carbocycles. The molecule has 1 amide bonds. The molecule has 0 bridgehead atoms. The molecular weight excluding hydrogens is 510 g/mol. The van der Waals surface area contributed by atoms with Crippen LogP contribution in [0.15, 0.2) is 72.8 Å². The number of piperidine rings is 1. The third-order valence-electron chi connectivity index (χ3n) is 7.23. The van der Waals surface area contributed by atoms with E-state index in [0.717, 1.165) is 59.6 Å². The summed E-state index contributed by atoms with van der Waals surface area (Å²) < 4.78 is 4.71. The van der Waals surface area contributed by atoms with Crippen molar-refractivity contribution in [1.82, 2.24) is 4.90 Å². The fourth-order valence-electron chi connectivity index (χ4n) is 4.78. The van der Waals surface area contributed by atoms with E-state index in [4.69, 9.17) is 16.3 Å². The summed E-state index contributed by atoms with van der Waals surface area (Å²) >= 11 is 6.82. The predicted molar refractivity (Wildman–Crippen MR) is 160 cm³/mol. The fraction of sp³-hybridized carbons (Fsp3) is 0.312. The lowest BCUT2D eigenvalue weighted by atomic mass is 9.94. The van der Waals surface area contributed by atoms with Crippen LogP contribution < -0.4 is 9.80 Å². The summed E-state index contributed by atoms with van der Waals surface area (Å²) in [6.45, 7) is 2.15. The highest BCUT2D eigenvalue weighted by molar-refractivity contribution is 6.31. The largest absolute Gasteiger partial charge is 0.466 e. The van der Waals surface area contributed by atoms with Crippen molar-refractivity contribution in [3.63, 3.8) is 0 Å². The van der Waals surface area contributed by atoms with Crippen LogP contribution in [0.4, 0.5) is 11.4 Å². The minimum atomic E-state index is -0.428. The molecule has 7 heteroatoms. The molecule has 1 heterocycles. The van der Waals surface area contributed by atoms with Crippen LogP contribution in [0, 0.1) is 5.92 Å². The molecule has 0 unspecified atom stereocenters. The van der Waals surface area contributed by atoms with Crippen molar-refractivity contribution in [2.75, 3.05) is 51.1 Å². The number of methoxy groups -OCH3 is 1. The van der Waals surface area contributed by atoms with Crippen molar-refractivity contribution in [2.45, 2.75) is 19.4 Å². The van der Waals surface area contributed by atoms with E-state index >= 15 is 0 Å². The molecule has 0 spiro atoms. The van der Waals surface area contributed by atoms with Crippen LogP contribution in [0.5, 0.6) is 0 Å². The van der Waals surface area contributed by atoms with Crippen molar-refractivity contribution in [2.24, 2.45) is 5.92 Å². The second kappa shape index (κ2) is 13.0. The van der Waals surface area contributed by atoms with Gasteiger partial charge in [-0.05, 0) is 91.6 Å². The summed E-state index contributed by atoms with van der Waals surface area (Å²) in [5, 5.41) is 0.618. The normalized spacial score (nSPS) is 14.4. The quantitative estimate of drug-likeness (QED) is 0.251. The van der Waals surface area contributed by atoms with E-state index in [9.17, 15) is 9.59 Å². The van der Waals surface area contributed by atoms with E-state index in [0.29, 0.717) is 11.6 Å². The molecule has 39 heavy (non-hydrogen) atoms. The first-order chi connectivity index (χ1) is 18.7. The Hall–Kier alpha value is -3.61. The fourth-order valence-corrected chi connectivity index (χ4v) is 5.02. The number of anilines is 2. The van der Waals surface area contributed by atoms with Gasteiger partial charge in [-0.2, -0.15) is 0 Å². The van der Waals surface area contributed by atoms with E-state index in [1.54, 1.807) is 6.08 Å². The topological polar surface area (TPSA) is 53.1 Å². The maximum absolute atomic E-state index is 13.9. The SMILES string of the molecule is COC(=O)/C=C/c1cccc(N(Cc2ccc(-c3ccc(N(C)C)cc3)cc2Cl)C(=O)C2CCN(C)CC2)c1. The van der Waals surface area contributed by atoms with Crippen molar-refractivity contribution < 1.29 is 14.3 Å². The third kappa shape index (κ3) is 7.28. The van der Waals surface area contributed by atoms with Crippen LogP contribution in [-0.2, 0) is 20.9 Å². The van der Waals surface area contributed by atoms with Crippen molar-refractivity contribution in [1.29, 1.82) is 0 Å². The Morgan fingerprint density at radius 3 is 2.31 bits per heavy atom. The number of carbonyl (C=O) groups is 2. The Balaban J connectivity index is 1.63. The first kappa shape index (κ1) is 28.4. The van der Waals surface area contributed by atoms with Gasteiger partial charge in [0.15, 0.2) is 0 Å². The first-order valence-corrected chi connectivity index (χ1v) is 13.5. The van der Waals surface area contributed by atoms with Gasteiger partial charge in [0.25, 0.3) is 0 Å². The molecule has 0 radical (unpaired) electrons. The number of hydrogen-bond acceptors (Lipinski definition) is 5. The number of amides is 1. The average Bonchev–Trinajstić information content (AvgIpc) is 2.95. The molecule has 1 aliphatic heterocycles. The molecule has 4 rings (SSSR count). The zero-order valence-corrected chi connectivity index (χ0v) is 23.8. The predicted octanol–water partition coefficient (Wildman–Crippen LogP) is 6.13. The van der Waals surface area contributed by atoms with Crippen LogP contribution >= 0.6 is 11.6 Å². The first-order valence-electron chi connectivity index (χ1n) is 13.2. The summed E-state index contributed by atoms with van der Waals surface area (Å²) in [6, 6.07) is 22.0. The van der Waals surface area contributed by atoms with Crippen LogP contribution in [0.1, 0.15) is 24.0 Å². The highest BCUT2D eigenvalue weighted by atomic mass is 35.5. The van der Waals surface area contributed by atoms with Crippen LogP contribution in [0.2, 0.25) is 5.02 Å². The molecule has 0 aliphatic carbocycles. The molecule has 0 N–H and O–H groups in total. The Labute approximate surface area is 236 Å². The van der Waals surface area contributed by atoms with Crippen LogP contribution in [0.3, 0.4) is 0 Å². The molecule has 204 valence electrons. The van der Waals surface area contributed by atoms with Gasteiger partial charge in [-0.25, -0.2) is 4.79 Å². The molecule has 0 aromatic heterocycles. The van der Waals surface area contributed by atoms with E-state index in [1.807, 2.05) is 55.4 Å². The van der Waals surface area contributed by atoms with Crippen LogP contribution in [-0.4, -0.2) is 58.1 Å². The van der Waals surface area contributed by atoms with Gasteiger partial charge in [-0.1, -0.05) is 48.0 Å². The minimum absolute atomic E-state index is 0.0521. The maximum Gasteiger partial charge on any atom is 0.330 e. The molecule has 6 nitrogen and oxygen atoms in total. The second-order valence-electron chi connectivity index (χ2n) is 10.2. The van der Waals surface area contributed by atoms with Gasteiger partial charge in [0.05, 0.1) is 13.7 Å². The van der Waals surface area contributed by atoms with Crippen molar-refractivity contribution in [3.8, 4) is 11.1 Å². The summed E-state index contributed by atoms with van der Waals surface area (Å²) in [5.74, 6) is -0.386. The molecule has 1 aliphatic rings. The number of halogens is 1. The van der Waals surface area contributed by atoms with Crippen LogP contribution in [0.25, 0.3) is 17.2 Å². The molecule has 1 fully saturated rings. The minimum Gasteiger partial charge on any atom is -0.466 e. The number of hydrogen-bond donors (Lipinski definition) is 0. The van der Waals surface area contributed by atoms with E-state index in [-0.39, 0.29) is 11.8 Å². The molecule has 1 saturated heterocycles. The van der Waals surface area contributed by atoms with Gasteiger partial charge in [-0.3, -0.25) is 4.79 Å². The number of ether oxygens (including phenoxy) is 1. The van der Waals surface area contributed by atoms with E-state index < -0.39 is 5.97 Å². The van der Waals surface area contributed by atoms with E-state index in [2.05, 4.69) is 47.2 Å². The number of benzene rings is 3. The Morgan fingerprint density at radius 1 is 0.974 bits per heavy atom. The summed E-state index contributed by atoms with van der Waals surface area (Å²) in [5.41, 5.74) is 5.69. The lowest BCUT2D eigenvalue weighted by molar-refractivity contribution is -0.134. The lowest BCUT2D eigenvalue weighted by Crippen LogP contribution is -2.41. The maximum atomic E-state index is 13.9. The standard InChI is InChI=1S/C32H36ClN3O3/c1-34(2)28-13-11-24(12-14-28)26-9-10-27(30(33)21-26)22-36(32(38)25-16-18-35(3)19-17-25)29-7-5-6-23(20-29)8-15-31(37)39-4/h5-15,20-21,25H,16-19,22H2,1-4H3/b15-8+. The summed E-state index contributed by atoms with van der Waals surface area (Å²) in [4.78, 5) is 31.6. The van der Waals surface area contributed by atoms with Gasteiger partial charge in [0.2, 0.25) is 5.91 Å². The molecule has 3 aromatic rings. The average molecular weight is 546 g/mol. The smallest absolute Gasteiger partial charge is 0.330 e. The molecular formula is C32H36ClN3O3.